The van der Waals surface area contributed by atoms with Gasteiger partial charge in [-0.2, -0.15) is 0 Å². The molecule has 2 aliphatic rings. The second-order valence-electron chi connectivity index (χ2n) is 6.43. The predicted molar refractivity (Wildman–Crippen MR) is 88.6 cm³/mol. The molecule has 1 aromatic rings. The third kappa shape index (κ3) is 3.54. The van der Waals surface area contributed by atoms with Crippen molar-refractivity contribution in [2.24, 2.45) is 0 Å². The van der Waals surface area contributed by atoms with Gasteiger partial charge in [0.25, 0.3) is 5.91 Å². The zero-order valence-electron chi connectivity index (χ0n) is 14.4. The standard InChI is InChI=1S/C17H23N3O5/c1-11-10-25-15-7-12(16(21)18-23)3-4-13(15)8-20(11)17(22)19-6-5-14(9-19)24-2/h3-4,7,11,14,23H,5-6,8-10H2,1-2H3,(H,18,21). The van der Waals surface area contributed by atoms with Gasteiger partial charge in [-0.15, -0.1) is 0 Å². The Kier molecular flexibility index (Phi) is 5.10. The van der Waals surface area contributed by atoms with E-state index in [0.29, 0.717) is 37.6 Å². The summed E-state index contributed by atoms with van der Waals surface area (Å²) in [6.45, 7) is 3.97. The molecule has 136 valence electrons. The van der Waals surface area contributed by atoms with Crippen molar-refractivity contribution in [1.82, 2.24) is 15.3 Å². The Balaban J connectivity index is 1.78. The summed E-state index contributed by atoms with van der Waals surface area (Å²) in [4.78, 5) is 28.1. The first-order valence-electron chi connectivity index (χ1n) is 8.32. The van der Waals surface area contributed by atoms with Gasteiger partial charge in [-0.3, -0.25) is 10.0 Å². The van der Waals surface area contributed by atoms with E-state index in [0.717, 1.165) is 12.0 Å². The summed E-state index contributed by atoms with van der Waals surface area (Å²) < 4.78 is 11.1. The van der Waals surface area contributed by atoms with Gasteiger partial charge in [-0.25, -0.2) is 10.3 Å². The van der Waals surface area contributed by atoms with E-state index in [1.54, 1.807) is 35.7 Å². The summed E-state index contributed by atoms with van der Waals surface area (Å²) in [5.74, 6) is -0.0428. The number of likely N-dealkylation sites (tertiary alicyclic amines) is 1. The number of amides is 3. The maximum Gasteiger partial charge on any atom is 0.320 e. The number of carbonyl (C=O) groups excluding carboxylic acids is 2. The van der Waals surface area contributed by atoms with Crippen LogP contribution in [-0.4, -0.2) is 65.9 Å². The van der Waals surface area contributed by atoms with Crippen LogP contribution >= 0.6 is 0 Å². The Morgan fingerprint density at radius 2 is 2.20 bits per heavy atom. The number of hydroxylamine groups is 1. The van der Waals surface area contributed by atoms with E-state index in [9.17, 15) is 9.59 Å². The molecule has 8 heteroatoms. The molecule has 2 aliphatic heterocycles. The Hall–Kier alpha value is -2.32. The number of benzene rings is 1. The average Bonchev–Trinajstić information content (AvgIpc) is 3.06. The Labute approximate surface area is 146 Å². The fourth-order valence-electron chi connectivity index (χ4n) is 3.20. The molecule has 3 rings (SSSR count). The molecule has 25 heavy (non-hydrogen) atoms. The molecule has 1 fully saturated rings. The van der Waals surface area contributed by atoms with Gasteiger partial charge in [0.05, 0.1) is 18.7 Å². The quantitative estimate of drug-likeness (QED) is 0.619. The molecule has 2 N–H and O–H groups in total. The lowest BCUT2D eigenvalue weighted by Gasteiger charge is -2.30. The first-order valence-corrected chi connectivity index (χ1v) is 8.32. The molecule has 0 bridgehead atoms. The van der Waals surface area contributed by atoms with Gasteiger partial charge in [0, 0.05) is 31.3 Å². The van der Waals surface area contributed by atoms with E-state index in [1.165, 1.54) is 0 Å². The van der Waals surface area contributed by atoms with Crippen LogP contribution in [0.15, 0.2) is 18.2 Å². The highest BCUT2D eigenvalue weighted by Crippen LogP contribution is 2.28. The number of hydrogen-bond acceptors (Lipinski definition) is 5. The van der Waals surface area contributed by atoms with E-state index in [2.05, 4.69) is 0 Å². The summed E-state index contributed by atoms with van der Waals surface area (Å²) in [7, 11) is 1.66. The van der Waals surface area contributed by atoms with Crippen molar-refractivity contribution in [2.45, 2.75) is 32.0 Å². The highest BCUT2D eigenvalue weighted by Gasteiger charge is 2.33. The van der Waals surface area contributed by atoms with Crippen LogP contribution in [0.1, 0.15) is 29.3 Å². The predicted octanol–water partition coefficient (Wildman–Crippen LogP) is 1.23. The van der Waals surface area contributed by atoms with Gasteiger partial charge in [-0.1, -0.05) is 6.07 Å². The number of hydrogen-bond donors (Lipinski definition) is 2. The molecule has 0 saturated carbocycles. The van der Waals surface area contributed by atoms with Gasteiger partial charge >= 0.3 is 6.03 Å². The van der Waals surface area contributed by atoms with Crippen LogP contribution in [0.5, 0.6) is 5.75 Å². The van der Waals surface area contributed by atoms with Crippen molar-refractivity contribution >= 4 is 11.9 Å². The highest BCUT2D eigenvalue weighted by molar-refractivity contribution is 5.93. The van der Waals surface area contributed by atoms with Gasteiger partial charge in [0.15, 0.2) is 0 Å². The minimum absolute atomic E-state index is 0.0272. The normalized spacial score (nSPS) is 22.8. The van der Waals surface area contributed by atoms with Gasteiger partial charge in [0.2, 0.25) is 0 Å². The number of urea groups is 1. The van der Waals surface area contributed by atoms with E-state index in [1.807, 2.05) is 11.8 Å². The molecular formula is C17H23N3O5. The molecule has 1 aromatic carbocycles. The van der Waals surface area contributed by atoms with Gasteiger partial charge in [-0.05, 0) is 25.5 Å². The van der Waals surface area contributed by atoms with Crippen molar-refractivity contribution in [3.8, 4) is 5.75 Å². The molecular weight excluding hydrogens is 326 g/mol. The fourth-order valence-corrected chi connectivity index (χ4v) is 3.20. The van der Waals surface area contributed by atoms with Crippen molar-refractivity contribution in [3.05, 3.63) is 29.3 Å². The Morgan fingerprint density at radius 3 is 2.88 bits per heavy atom. The SMILES string of the molecule is COC1CCN(C(=O)N2Cc3ccc(C(=O)NO)cc3OCC2C)C1. The number of ether oxygens (including phenoxy) is 2. The minimum Gasteiger partial charge on any atom is -0.491 e. The lowest BCUT2D eigenvalue weighted by atomic mass is 10.1. The van der Waals surface area contributed by atoms with Gasteiger partial charge in [0.1, 0.15) is 12.4 Å². The van der Waals surface area contributed by atoms with Crippen LogP contribution in [-0.2, 0) is 11.3 Å². The number of nitrogens with one attached hydrogen (secondary N) is 1. The smallest absolute Gasteiger partial charge is 0.320 e. The third-order valence-electron chi connectivity index (χ3n) is 4.78. The second kappa shape index (κ2) is 7.28. The first-order chi connectivity index (χ1) is 12.0. The summed E-state index contributed by atoms with van der Waals surface area (Å²) in [5.41, 5.74) is 2.74. The molecule has 8 nitrogen and oxygen atoms in total. The topological polar surface area (TPSA) is 91.3 Å². The van der Waals surface area contributed by atoms with Crippen LogP contribution < -0.4 is 10.2 Å². The van der Waals surface area contributed by atoms with Crippen molar-refractivity contribution in [1.29, 1.82) is 0 Å². The third-order valence-corrected chi connectivity index (χ3v) is 4.78. The molecule has 2 atom stereocenters. The maximum absolute atomic E-state index is 12.9. The number of rotatable bonds is 2. The maximum atomic E-state index is 12.9. The Bertz CT molecular complexity index is 666. The highest BCUT2D eigenvalue weighted by atomic mass is 16.5. The van der Waals surface area contributed by atoms with Crippen LogP contribution in [0.3, 0.4) is 0 Å². The van der Waals surface area contributed by atoms with Gasteiger partial charge < -0.3 is 19.3 Å². The average molecular weight is 349 g/mol. The van der Waals surface area contributed by atoms with E-state index in [4.69, 9.17) is 14.7 Å². The van der Waals surface area contributed by atoms with Crippen LogP contribution in [0.25, 0.3) is 0 Å². The summed E-state index contributed by atoms with van der Waals surface area (Å²) in [6, 6.07) is 4.80. The van der Waals surface area contributed by atoms with E-state index >= 15 is 0 Å². The molecule has 0 aromatic heterocycles. The van der Waals surface area contributed by atoms with Crippen LogP contribution in [0, 0.1) is 0 Å². The number of carbonyl (C=O) groups is 2. The monoisotopic (exact) mass is 349 g/mol. The molecule has 0 spiro atoms. The minimum atomic E-state index is -0.598. The van der Waals surface area contributed by atoms with Crippen molar-refractivity contribution < 1.29 is 24.3 Å². The lowest BCUT2D eigenvalue weighted by Crippen LogP contribution is -2.47. The number of methoxy groups -OCH3 is 1. The number of nitrogens with zero attached hydrogens (tertiary/aromatic N) is 2. The zero-order valence-corrected chi connectivity index (χ0v) is 14.4. The summed E-state index contributed by atoms with van der Waals surface area (Å²) in [6.07, 6.45) is 0.936. The molecule has 3 amide bonds. The lowest BCUT2D eigenvalue weighted by molar-refractivity contribution is 0.0706. The Morgan fingerprint density at radius 1 is 1.40 bits per heavy atom. The van der Waals surface area contributed by atoms with E-state index < -0.39 is 5.91 Å². The van der Waals surface area contributed by atoms with Crippen molar-refractivity contribution in [2.75, 3.05) is 26.8 Å². The molecule has 1 saturated heterocycles. The molecule has 2 heterocycles. The largest absolute Gasteiger partial charge is 0.491 e. The zero-order chi connectivity index (χ0) is 18.0. The first kappa shape index (κ1) is 17.5. The van der Waals surface area contributed by atoms with Crippen LogP contribution in [0.4, 0.5) is 4.79 Å². The molecule has 0 radical (unpaired) electrons. The number of fused-ring (bicyclic) bond motifs is 1. The van der Waals surface area contributed by atoms with Crippen LogP contribution in [0.2, 0.25) is 0 Å². The van der Waals surface area contributed by atoms with Crippen molar-refractivity contribution in [3.63, 3.8) is 0 Å². The summed E-state index contributed by atoms with van der Waals surface area (Å²) in [5, 5.41) is 8.76. The fraction of sp³-hybridized carbons (Fsp3) is 0.529. The molecule has 0 aliphatic carbocycles. The molecule has 2 unspecified atom stereocenters. The van der Waals surface area contributed by atoms with E-state index in [-0.39, 0.29) is 18.2 Å². The second-order valence-corrected chi connectivity index (χ2v) is 6.43. The summed E-state index contributed by atoms with van der Waals surface area (Å²) >= 11 is 0.